The Morgan fingerprint density at radius 1 is 1.46 bits per heavy atom. The summed E-state index contributed by atoms with van der Waals surface area (Å²) in [5.74, 6) is -0.738. The smallest absolute Gasteiger partial charge is 0.137 e. The molecular weight excluding hydrogens is 166 g/mol. The molecule has 1 aliphatic carbocycles. The molecule has 0 aromatic rings. The number of carbonyl (C=O) groups is 1. The molecule has 0 aliphatic heterocycles. The van der Waals surface area contributed by atoms with Crippen LogP contribution in [0.1, 0.15) is 45.4 Å². The van der Waals surface area contributed by atoms with Crippen LogP contribution in [-0.2, 0) is 4.79 Å². The molecule has 0 aromatic carbocycles. The van der Waals surface area contributed by atoms with Gasteiger partial charge in [0.1, 0.15) is 11.5 Å². The van der Waals surface area contributed by atoms with E-state index in [9.17, 15) is 9.90 Å². The van der Waals surface area contributed by atoms with Crippen LogP contribution in [0.3, 0.4) is 0 Å². The highest BCUT2D eigenvalue weighted by atomic mass is 16.4. The summed E-state index contributed by atoms with van der Waals surface area (Å²) in [7, 11) is 0. The topological polar surface area (TPSA) is 67.8 Å². The van der Waals surface area contributed by atoms with Crippen molar-refractivity contribution in [3.8, 4) is 0 Å². The molecule has 13 heavy (non-hydrogen) atoms. The fourth-order valence-corrected chi connectivity index (χ4v) is 2.25. The van der Waals surface area contributed by atoms with E-state index in [-0.39, 0.29) is 5.92 Å². The van der Waals surface area contributed by atoms with E-state index in [0.717, 1.165) is 25.7 Å². The van der Waals surface area contributed by atoms with Crippen LogP contribution in [0.2, 0.25) is 0 Å². The first kappa shape index (κ1) is 10.5. The zero-order valence-electron chi connectivity index (χ0n) is 8.34. The molecule has 0 aromatic heterocycles. The van der Waals surface area contributed by atoms with Crippen LogP contribution in [0.15, 0.2) is 0 Å². The summed E-state index contributed by atoms with van der Waals surface area (Å²) in [5.41, 5.74) is 3.02. The highest BCUT2D eigenvalue weighted by Gasteiger charge is 2.39. The lowest BCUT2D eigenvalue weighted by molar-refractivity contribution is -0.501. The molecule has 0 bridgehead atoms. The monoisotopic (exact) mass is 185 g/mol. The van der Waals surface area contributed by atoms with Crippen LogP contribution < -0.4 is 10.8 Å². The third-order valence-electron chi connectivity index (χ3n) is 3.42. The van der Waals surface area contributed by atoms with E-state index in [2.05, 4.69) is 5.73 Å². The third kappa shape index (κ3) is 2.02. The highest BCUT2D eigenvalue weighted by Crippen LogP contribution is 2.31. The van der Waals surface area contributed by atoms with Gasteiger partial charge in [-0.15, -0.1) is 0 Å². The molecule has 1 aliphatic rings. The summed E-state index contributed by atoms with van der Waals surface area (Å²) in [5, 5.41) is 11.0. The average Bonchev–Trinajstić information content (AvgIpc) is 2.17. The Hall–Kier alpha value is -0.570. The van der Waals surface area contributed by atoms with Crippen LogP contribution in [0.4, 0.5) is 0 Å². The summed E-state index contributed by atoms with van der Waals surface area (Å²) in [6.07, 6.45) is 6.13. The zero-order chi connectivity index (χ0) is 9.90. The second kappa shape index (κ2) is 4.09. The van der Waals surface area contributed by atoms with Crippen molar-refractivity contribution in [1.29, 1.82) is 0 Å². The molecule has 1 rings (SSSR count). The minimum atomic E-state index is -0.970. The average molecular weight is 185 g/mol. The van der Waals surface area contributed by atoms with Crippen molar-refractivity contribution < 1.29 is 15.6 Å². The minimum absolute atomic E-state index is 0.233. The van der Waals surface area contributed by atoms with Crippen molar-refractivity contribution in [3.05, 3.63) is 0 Å². The molecule has 0 radical (unpaired) electrons. The van der Waals surface area contributed by atoms with Gasteiger partial charge in [-0.1, -0.05) is 26.2 Å². The van der Waals surface area contributed by atoms with Gasteiger partial charge in [0.2, 0.25) is 0 Å². The summed E-state index contributed by atoms with van der Waals surface area (Å²) in [6.45, 7) is 1.89. The lowest BCUT2D eigenvalue weighted by Crippen LogP contribution is -2.82. The van der Waals surface area contributed by atoms with Gasteiger partial charge in [0.05, 0.1) is 0 Å². The van der Waals surface area contributed by atoms with Crippen LogP contribution in [0, 0.1) is 5.92 Å². The van der Waals surface area contributed by atoms with Crippen LogP contribution in [0.25, 0.3) is 0 Å². The van der Waals surface area contributed by atoms with Gasteiger partial charge < -0.3 is 15.6 Å². The van der Waals surface area contributed by atoms with E-state index < -0.39 is 11.5 Å². The number of carboxylic acid groups (broad SMARTS) is 1. The Balaban J connectivity index is 2.68. The van der Waals surface area contributed by atoms with Crippen LogP contribution >= 0.6 is 0 Å². The fraction of sp³-hybridized carbons (Fsp3) is 0.900. The first-order valence-electron chi connectivity index (χ1n) is 5.18. The van der Waals surface area contributed by atoms with Crippen molar-refractivity contribution >= 4 is 5.97 Å². The highest BCUT2D eigenvalue weighted by molar-refractivity contribution is 5.74. The maximum atomic E-state index is 11.0. The normalized spacial score (nSPS) is 23.8. The van der Waals surface area contributed by atoms with Gasteiger partial charge in [0.25, 0.3) is 0 Å². The molecule has 1 fully saturated rings. The Morgan fingerprint density at radius 2 is 2.00 bits per heavy atom. The van der Waals surface area contributed by atoms with Crippen molar-refractivity contribution in [2.45, 2.75) is 51.0 Å². The van der Waals surface area contributed by atoms with Gasteiger partial charge in [-0.05, 0) is 12.8 Å². The van der Waals surface area contributed by atoms with Gasteiger partial charge in [-0.2, -0.15) is 0 Å². The van der Waals surface area contributed by atoms with Crippen molar-refractivity contribution in [2.24, 2.45) is 5.92 Å². The lowest BCUT2D eigenvalue weighted by Gasteiger charge is -2.36. The van der Waals surface area contributed by atoms with Crippen molar-refractivity contribution in [2.75, 3.05) is 0 Å². The number of carboxylic acids is 1. The molecule has 0 heterocycles. The summed E-state index contributed by atoms with van der Waals surface area (Å²) < 4.78 is 0. The van der Waals surface area contributed by atoms with Gasteiger partial charge in [0, 0.05) is 12.3 Å². The molecule has 3 nitrogen and oxygen atoms in total. The SMILES string of the molecule is CC[C@@]([NH3+])(C(=O)[O-])C1CCCCC1. The molecule has 1 saturated carbocycles. The largest absolute Gasteiger partial charge is 0.544 e. The molecule has 0 amide bonds. The van der Waals surface area contributed by atoms with Crippen molar-refractivity contribution in [1.82, 2.24) is 0 Å². The lowest BCUT2D eigenvalue weighted by atomic mass is 9.74. The quantitative estimate of drug-likeness (QED) is 0.656. The van der Waals surface area contributed by atoms with Gasteiger partial charge in [0.15, 0.2) is 0 Å². The van der Waals surface area contributed by atoms with E-state index in [0.29, 0.717) is 6.42 Å². The number of hydrogen-bond donors (Lipinski definition) is 1. The number of hydrogen-bond acceptors (Lipinski definition) is 2. The van der Waals surface area contributed by atoms with E-state index >= 15 is 0 Å². The van der Waals surface area contributed by atoms with Gasteiger partial charge >= 0.3 is 0 Å². The van der Waals surface area contributed by atoms with Gasteiger partial charge in [-0.25, -0.2) is 0 Å². The molecule has 1 atom stereocenters. The Bertz CT molecular complexity index is 187. The first-order valence-corrected chi connectivity index (χ1v) is 5.18. The summed E-state index contributed by atoms with van der Waals surface area (Å²) in [6, 6.07) is 0. The summed E-state index contributed by atoms with van der Waals surface area (Å²) >= 11 is 0. The fourth-order valence-electron chi connectivity index (χ4n) is 2.25. The zero-order valence-corrected chi connectivity index (χ0v) is 8.34. The van der Waals surface area contributed by atoms with Crippen molar-refractivity contribution in [3.63, 3.8) is 0 Å². The molecular formula is C10H19NO2. The molecule has 0 unspecified atom stereocenters. The second-order valence-electron chi connectivity index (χ2n) is 4.13. The Morgan fingerprint density at radius 3 is 2.38 bits per heavy atom. The standard InChI is InChI=1S/C10H19NO2/c1-2-10(11,9(12)13)8-6-4-3-5-7-8/h8H,2-7,11H2,1H3,(H,12,13)/t10-/m0/s1. The number of aliphatic carboxylic acids is 1. The second-order valence-corrected chi connectivity index (χ2v) is 4.13. The molecule has 0 saturated heterocycles. The third-order valence-corrected chi connectivity index (χ3v) is 3.42. The van der Waals surface area contributed by atoms with Crippen LogP contribution in [0.5, 0.6) is 0 Å². The minimum Gasteiger partial charge on any atom is -0.544 e. The number of carbonyl (C=O) groups excluding carboxylic acids is 1. The Labute approximate surface area is 79.3 Å². The van der Waals surface area contributed by atoms with Gasteiger partial charge in [-0.3, -0.25) is 0 Å². The van der Waals surface area contributed by atoms with E-state index in [4.69, 9.17) is 0 Å². The van der Waals surface area contributed by atoms with E-state index in [1.165, 1.54) is 6.42 Å². The molecule has 3 N–H and O–H groups in total. The Kier molecular flexibility index (Phi) is 3.31. The predicted molar refractivity (Wildman–Crippen MR) is 47.5 cm³/mol. The molecule has 3 heteroatoms. The maximum absolute atomic E-state index is 11.0. The van der Waals surface area contributed by atoms with Crippen LogP contribution in [-0.4, -0.2) is 11.5 Å². The molecule has 0 spiro atoms. The number of quaternary nitrogens is 1. The number of rotatable bonds is 3. The molecule has 76 valence electrons. The maximum Gasteiger partial charge on any atom is 0.137 e. The van der Waals surface area contributed by atoms with E-state index in [1.807, 2.05) is 6.92 Å². The first-order chi connectivity index (χ1) is 6.11. The predicted octanol–water partition coefficient (Wildman–Crippen LogP) is -0.293. The van der Waals surface area contributed by atoms with E-state index in [1.54, 1.807) is 0 Å². The summed E-state index contributed by atoms with van der Waals surface area (Å²) in [4.78, 5) is 11.0.